The Bertz CT molecular complexity index is 33.9. The van der Waals surface area contributed by atoms with Crippen LogP contribution >= 0.6 is 0 Å². The highest BCUT2D eigenvalue weighted by Crippen LogP contribution is 2.04. The van der Waals surface area contributed by atoms with Crippen molar-refractivity contribution in [3.05, 3.63) is 0 Å². The zero-order valence-corrected chi connectivity index (χ0v) is 3.40. The topological polar surface area (TPSA) is 12.5 Å². The number of epoxide rings is 1. The van der Waals surface area contributed by atoms with Crippen LogP contribution in [0.4, 0.5) is 0 Å². The van der Waals surface area contributed by atoms with E-state index in [0.717, 1.165) is 6.61 Å². The molecule has 1 unspecified atom stereocenters. The first-order valence-corrected chi connectivity index (χ1v) is 2.05. The van der Waals surface area contributed by atoms with Gasteiger partial charge in [-0.05, 0) is 0 Å². The second-order valence-electron chi connectivity index (χ2n) is 1.36. The molecule has 28 valence electrons. The Morgan fingerprint density at radius 2 is 2.60 bits per heavy atom. The highest BCUT2D eigenvalue weighted by atomic mass is 16.6. The summed E-state index contributed by atoms with van der Waals surface area (Å²) in [6.07, 6.45) is 0. The van der Waals surface area contributed by atoms with Gasteiger partial charge in [0.15, 0.2) is 7.28 Å². The summed E-state index contributed by atoms with van der Waals surface area (Å²) in [5.41, 5.74) is 0. The van der Waals surface area contributed by atoms with E-state index in [1.165, 1.54) is 7.28 Å². The van der Waals surface area contributed by atoms with Crippen molar-refractivity contribution in [2.24, 2.45) is 0 Å². The van der Waals surface area contributed by atoms with Crippen LogP contribution < -0.4 is 0 Å². The predicted molar refractivity (Wildman–Crippen MR) is 22.8 cm³/mol. The number of rotatable bonds is 1. The Kier molecular flexibility index (Phi) is 0.654. The van der Waals surface area contributed by atoms with Gasteiger partial charge in [0.1, 0.15) is 0 Å². The molecule has 1 aliphatic rings. The van der Waals surface area contributed by atoms with Crippen molar-refractivity contribution in [2.45, 2.75) is 12.8 Å². The van der Waals surface area contributed by atoms with Crippen molar-refractivity contribution >= 4 is 7.28 Å². The summed E-state index contributed by atoms with van der Waals surface area (Å²) in [6.45, 7) is 3.15. The minimum Gasteiger partial charge on any atom is -0.383 e. The summed E-state index contributed by atoms with van der Waals surface area (Å²) in [4.78, 5) is 0. The number of ether oxygens (including phenoxy) is 1. The maximum Gasteiger partial charge on any atom is 0.157 e. The average Bonchev–Trinajstić information content (AvgIpc) is 2.12. The summed E-state index contributed by atoms with van der Waals surface area (Å²) in [7, 11) is 1.19. The molecule has 0 aliphatic carbocycles. The first-order chi connectivity index (χ1) is 2.43. The van der Waals surface area contributed by atoms with Gasteiger partial charge in [-0.15, -0.1) is 0 Å². The van der Waals surface area contributed by atoms with Crippen molar-refractivity contribution in [1.29, 1.82) is 0 Å². The van der Waals surface area contributed by atoms with Gasteiger partial charge in [-0.3, -0.25) is 0 Å². The van der Waals surface area contributed by atoms with Crippen molar-refractivity contribution in [1.82, 2.24) is 0 Å². The van der Waals surface area contributed by atoms with Gasteiger partial charge in [-0.1, -0.05) is 6.82 Å². The molecule has 2 heteroatoms. The maximum atomic E-state index is 4.86. The molecule has 1 aliphatic heterocycles. The Morgan fingerprint density at radius 3 is 2.60 bits per heavy atom. The monoisotopic (exact) mass is 70.1 g/mol. The lowest BCUT2D eigenvalue weighted by Gasteiger charge is -1.65. The molecule has 0 aromatic carbocycles. The van der Waals surface area contributed by atoms with Crippen LogP contribution in [0, 0.1) is 0 Å². The minimum absolute atomic E-state index is 0.634. The summed E-state index contributed by atoms with van der Waals surface area (Å²) in [5.74, 6) is 0. The van der Waals surface area contributed by atoms with Crippen LogP contribution in [0.3, 0.4) is 0 Å². The standard InChI is InChI=1S/C3H7BO/c1-4-3-2-5-3/h3-4H,2H2,1H3. The van der Waals surface area contributed by atoms with Gasteiger partial charge in [-0.25, -0.2) is 0 Å². The molecule has 1 heterocycles. The van der Waals surface area contributed by atoms with E-state index < -0.39 is 0 Å². The normalized spacial score (nSPS) is 33.4. The third kappa shape index (κ3) is 0.654. The van der Waals surface area contributed by atoms with E-state index in [0.29, 0.717) is 6.00 Å². The van der Waals surface area contributed by atoms with Crippen molar-refractivity contribution in [3.63, 3.8) is 0 Å². The third-order valence-corrected chi connectivity index (χ3v) is 0.858. The molecule has 0 N–H and O–H groups in total. The highest BCUT2D eigenvalue weighted by Gasteiger charge is 2.19. The van der Waals surface area contributed by atoms with Crippen molar-refractivity contribution < 1.29 is 4.74 Å². The molecule has 0 amide bonds. The summed E-state index contributed by atoms with van der Waals surface area (Å²) < 4.78 is 4.86. The second kappa shape index (κ2) is 1.01. The van der Waals surface area contributed by atoms with Crippen molar-refractivity contribution in [2.75, 3.05) is 6.61 Å². The molecule has 0 spiro atoms. The SMILES string of the molecule is CBC1CO1. The van der Waals surface area contributed by atoms with Crippen LogP contribution in [0.15, 0.2) is 0 Å². The summed E-state index contributed by atoms with van der Waals surface area (Å²) in [5, 5.41) is 0. The molecule has 0 radical (unpaired) electrons. The Morgan fingerprint density at radius 1 is 2.00 bits per heavy atom. The molecule has 0 aromatic rings. The van der Waals surface area contributed by atoms with E-state index in [1.54, 1.807) is 0 Å². The van der Waals surface area contributed by atoms with E-state index in [-0.39, 0.29) is 0 Å². The maximum absolute atomic E-state index is 4.86. The van der Waals surface area contributed by atoms with Crippen LogP contribution in [-0.2, 0) is 4.74 Å². The molecule has 1 saturated heterocycles. The first-order valence-electron chi connectivity index (χ1n) is 2.05. The molecule has 1 fully saturated rings. The number of hydrogen-bond donors (Lipinski definition) is 0. The van der Waals surface area contributed by atoms with E-state index in [9.17, 15) is 0 Å². The molecular formula is C3H7BO. The summed E-state index contributed by atoms with van der Waals surface area (Å²) >= 11 is 0. The van der Waals surface area contributed by atoms with Gasteiger partial charge in [0.2, 0.25) is 0 Å². The zero-order chi connectivity index (χ0) is 3.70. The smallest absolute Gasteiger partial charge is 0.157 e. The first kappa shape index (κ1) is 3.22. The van der Waals surface area contributed by atoms with Crippen LogP contribution in [0.2, 0.25) is 6.82 Å². The molecule has 0 bridgehead atoms. The lowest BCUT2D eigenvalue weighted by molar-refractivity contribution is 0.455. The van der Waals surface area contributed by atoms with Gasteiger partial charge in [-0.2, -0.15) is 0 Å². The lowest BCUT2D eigenvalue weighted by Crippen LogP contribution is -1.89. The fourth-order valence-electron chi connectivity index (χ4n) is 0.304. The fraction of sp³-hybridized carbons (Fsp3) is 1.00. The largest absolute Gasteiger partial charge is 0.383 e. The lowest BCUT2D eigenvalue weighted by atomic mass is 9.78. The molecule has 1 rings (SSSR count). The molecule has 0 saturated carbocycles. The molecule has 0 aromatic heterocycles. The molecule has 5 heavy (non-hydrogen) atoms. The van der Waals surface area contributed by atoms with E-state index >= 15 is 0 Å². The van der Waals surface area contributed by atoms with Crippen LogP contribution in [0.25, 0.3) is 0 Å². The molecule has 1 atom stereocenters. The van der Waals surface area contributed by atoms with Crippen molar-refractivity contribution in [3.8, 4) is 0 Å². The van der Waals surface area contributed by atoms with E-state index in [2.05, 4.69) is 6.82 Å². The van der Waals surface area contributed by atoms with Crippen LogP contribution in [0.1, 0.15) is 0 Å². The summed E-state index contributed by atoms with van der Waals surface area (Å²) in [6, 6.07) is 0.634. The predicted octanol–water partition coefficient (Wildman–Crippen LogP) is -0.173. The van der Waals surface area contributed by atoms with E-state index in [4.69, 9.17) is 4.74 Å². The van der Waals surface area contributed by atoms with Gasteiger partial charge in [0, 0.05) is 0 Å². The Labute approximate surface area is 32.6 Å². The average molecular weight is 69.9 g/mol. The van der Waals surface area contributed by atoms with Gasteiger partial charge in [0.25, 0.3) is 0 Å². The molecular weight excluding hydrogens is 62.8 g/mol. The number of hydrogen-bond acceptors (Lipinski definition) is 1. The highest BCUT2D eigenvalue weighted by molar-refractivity contribution is 6.36. The van der Waals surface area contributed by atoms with Gasteiger partial charge < -0.3 is 4.74 Å². The van der Waals surface area contributed by atoms with Gasteiger partial charge in [0.05, 0.1) is 12.6 Å². The van der Waals surface area contributed by atoms with Crippen LogP contribution in [-0.4, -0.2) is 19.9 Å². The Balaban J connectivity index is 2.00. The van der Waals surface area contributed by atoms with Crippen LogP contribution in [0.5, 0.6) is 0 Å². The fourth-order valence-corrected chi connectivity index (χ4v) is 0.304. The quantitative estimate of drug-likeness (QED) is 0.308. The zero-order valence-electron chi connectivity index (χ0n) is 3.40. The van der Waals surface area contributed by atoms with Gasteiger partial charge >= 0.3 is 0 Å². The molecule has 1 nitrogen and oxygen atoms in total. The van der Waals surface area contributed by atoms with E-state index in [1.807, 2.05) is 0 Å². The second-order valence-corrected chi connectivity index (χ2v) is 1.36. The minimum atomic E-state index is 0.634. The Hall–Kier alpha value is 0.0249. The third-order valence-electron chi connectivity index (χ3n) is 0.858.